The molecule has 1 aromatic rings. The van der Waals surface area contributed by atoms with Crippen molar-refractivity contribution in [2.24, 2.45) is 0 Å². The molecule has 1 fully saturated rings. The maximum Gasteiger partial charge on any atom is 0.0793 e. The molecule has 0 radical (unpaired) electrons. The molecular weight excluding hydrogens is 182 g/mol. The van der Waals surface area contributed by atoms with E-state index in [0.717, 1.165) is 5.75 Å². The second kappa shape index (κ2) is 4.13. The first-order chi connectivity index (χ1) is 6.40. The van der Waals surface area contributed by atoms with Crippen LogP contribution >= 0.6 is 11.8 Å². The van der Waals surface area contributed by atoms with E-state index in [-0.39, 0.29) is 12.6 Å². The maximum atomic E-state index is 8.95. The summed E-state index contributed by atoms with van der Waals surface area (Å²) in [5, 5.41) is 12.7. The zero-order chi connectivity index (χ0) is 9.10. The van der Waals surface area contributed by atoms with Gasteiger partial charge in [-0.2, -0.15) is 0 Å². The molecule has 0 spiro atoms. The van der Waals surface area contributed by atoms with Crippen LogP contribution in [0.5, 0.6) is 0 Å². The van der Waals surface area contributed by atoms with E-state index in [1.54, 1.807) is 0 Å². The topological polar surface area (TPSA) is 32.3 Å². The fourth-order valence-electron chi connectivity index (χ4n) is 1.45. The summed E-state index contributed by atoms with van der Waals surface area (Å²) in [6, 6.07) is 10.6. The van der Waals surface area contributed by atoms with Crippen molar-refractivity contribution >= 4 is 11.8 Å². The number of hydrogen-bond acceptors (Lipinski definition) is 3. The van der Waals surface area contributed by atoms with Gasteiger partial charge in [-0.3, -0.25) is 5.32 Å². The van der Waals surface area contributed by atoms with Crippen LogP contribution in [-0.2, 0) is 0 Å². The van der Waals surface area contributed by atoms with Crippen LogP contribution in [0.4, 0.5) is 0 Å². The van der Waals surface area contributed by atoms with Crippen molar-refractivity contribution in [3.05, 3.63) is 35.9 Å². The van der Waals surface area contributed by atoms with Crippen molar-refractivity contribution in [3.63, 3.8) is 0 Å². The Kier molecular flexibility index (Phi) is 2.88. The summed E-state index contributed by atoms with van der Waals surface area (Å²) in [6.45, 7) is 0.232. The van der Waals surface area contributed by atoms with E-state index in [2.05, 4.69) is 17.4 Å². The van der Waals surface area contributed by atoms with Gasteiger partial charge in [-0.25, -0.2) is 0 Å². The van der Waals surface area contributed by atoms with Crippen molar-refractivity contribution in [3.8, 4) is 0 Å². The Morgan fingerprint density at radius 2 is 2.15 bits per heavy atom. The molecular formula is C10H13NOS. The maximum absolute atomic E-state index is 8.95. The van der Waals surface area contributed by atoms with Gasteiger partial charge in [0.15, 0.2) is 0 Å². The van der Waals surface area contributed by atoms with E-state index >= 15 is 0 Å². The molecule has 0 aliphatic carbocycles. The van der Waals surface area contributed by atoms with Gasteiger partial charge in [0.1, 0.15) is 0 Å². The van der Waals surface area contributed by atoms with Crippen LogP contribution in [0.15, 0.2) is 30.3 Å². The Morgan fingerprint density at radius 3 is 2.77 bits per heavy atom. The molecule has 3 heteroatoms. The predicted molar refractivity (Wildman–Crippen MR) is 55.7 cm³/mol. The van der Waals surface area contributed by atoms with Gasteiger partial charge in [0, 0.05) is 11.8 Å². The fraction of sp³-hybridized carbons (Fsp3) is 0.400. The van der Waals surface area contributed by atoms with Gasteiger partial charge in [-0.05, 0) is 5.56 Å². The number of nitrogens with one attached hydrogen (secondary N) is 1. The van der Waals surface area contributed by atoms with E-state index in [0.29, 0.717) is 5.37 Å². The summed E-state index contributed by atoms with van der Waals surface area (Å²) in [5.74, 6) is 0.996. The van der Waals surface area contributed by atoms with Gasteiger partial charge in [0.05, 0.1) is 12.0 Å². The quantitative estimate of drug-likeness (QED) is 0.748. The number of hydrogen-bond donors (Lipinski definition) is 2. The lowest BCUT2D eigenvalue weighted by molar-refractivity contribution is 0.257. The minimum atomic E-state index is 0.232. The highest BCUT2D eigenvalue weighted by Gasteiger charge is 2.24. The fourth-order valence-corrected chi connectivity index (χ4v) is 2.71. The molecule has 1 aromatic carbocycles. The standard InChI is InChI=1S/C10H13NOS/c12-6-9-7-13-10(11-9)8-4-2-1-3-5-8/h1-5,9-12H,6-7H2/t9-,10-/m1/s1. The van der Waals surface area contributed by atoms with Crippen molar-refractivity contribution in [2.75, 3.05) is 12.4 Å². The van der Waals surface area contributed by atoms with Crippen LogP contribution in [0.1, 0.15) is 10.9 Å². The lowest BCUT2D eigenvalue weighted by Gasteiger charge is -2.11. The molecule has 0 saturated carbocycles. The molecule has 13 heavy (non-hydrogen) atoms. The highest BCUT2D eigenvalue weighted by Crippen LogP contribution is 2.32. The lowest BCUT2D eigenvalue weighted by Crippen LogP contribution is -2.28. The zero-order valence-electron chi connectivity index (χ0n) is 7.31. The van der Waals surface area contributed by atoms with Crippen molar-refractivity contribution in [1.82, 2.24) is 5.32 Å². The molecule has 1 saturated heterocycles. The van der Waals surface area contributed by atoms with Gasteiger partial charge >= 0.3 is 0 Å². The third-order valence-corrected chi connectivity index (χ3v) is 3.51. The van der Waals surface area contributed by atoms with Gasteiger partial charge in [-0.1, -0.05) is 30.3 Å². The van der Waals surface area contributed by atoms with E-state index in [1.807, 2.05) is 30.0 Å². The van der Waals surface area contributed by atoms with Crippen LogP contribution in [0, 0.1) is 0 Å². The Bertz CT molecular complexity index is 265. The lowest BCUT2D eigenvalue weighted by atomic mass is 10.2. The molecule has 1 aliphatic heterocycles. The van der Waals surface area contributed by atoms with Crippen molar-refractivity contribution in [2.45, 2.75) is 11.4 Å². The summed E-state index contributed by atoms with van der Waals surface area (Å²) < 4.78 is 0. The first kappa shape index (κ1) is 9.06. The summed E-state index contributed by atoms with van der Waals surface area (Å²) >= 11 is 1.86. The third kappa shape index (κ3) is 2.05. The Morgan fingerprint density at radius 1 is 1.38 bits per heavy atom. The summed E-state index contributed by atoms with van der Waals surface area (Å²) in [4.78, 5) is 0. The van der Waals surface area contributed by atoms with Crippen LogP contribution in [-0.4, -0.2) is 23.5 Å². The van der Waals surface area contributed by atoms with E-state index in [9.17, 15) is 0 Å². The van der Waals surface area contributed by atoms with E-state index in [4.69, 9.17) is 5.11 Å². The van der Waals surface area contributed by atoms with Gasteiger partial charge in [0.2, 0.25) is 0 Å². The average molecular weight is 195 g/mol. The normalized spacial score (nSPS) is 27.8. The van der Waals surface area contributed by atoms with Crippen molar-refractivity contribution < 1.29 is 5.11 Å². The van der Waals surface area contributed by atoms with Crippen LogP contribution in [0.3, 0.4) is 0 Å². The van der Waals surface area contributed by atoms with Crippen molar-refractivity contribution in [1.29, 1.82) is 0 Å². The van der Waals surface area contributed by atoms with Crippen LogP contribution < -0.4 is 5.32 Å². The minimum Gasteiger partial charge on any atom is -0.395 e. The van der Waals surface area contributed by atoms with Gasteiger partial charge < -0.3 is 5.11 Å². The minimum absolute atomic E-state index is 0.232. The third-order valence-electron chi connectivity index (χ3n) is 2.17. The molecule has 0 amide bonds. The SMILES string of the molecule is OC[C@@H]1CS[C@H](c2ccccc2)N1. The molecule has 0 bridgehead atoms. The van der Waals surface area contributed by atoms with Gasteiger partial charge in [-0.15, -0.1) is 11.8 Å². The first-order valence-corrected chi connectivity index (χ1v) is 5.48. The molecule has 2 N–H and O–H groups in total. The number of rotatable bonds is 2. The number of aliphatic hydroxyl groups is 1. The molecule has 70 valence electrons. The molecule has 2 nitrogen and oxygen atoms in total. The molecule has 1 aliphatic rings. The first-order valence-electron chi connectivity index (χ1n) is 4.43. The Hall–Kier alpha value is -0.510. The summed E-state index contributed by atoms with van der Waals surface area (Å²) in [5.41, 5.74) is 1.29. The zero-order valence-corrected chi connectivity index (χ0v) is 8.13. The van der Waals surface area contributed by atoms with E-state index in [1.165, 1.54) is 5.56 Å². The summed E-state index contributed by atoms with van der Waals surface area (Å²) in [6.07, 6.45) is 0. The smallest absolute Gasteiger partial charge is 0.0793 e. The van der Waals surface area contributed by atoms with Crippen LogP contribution in [0.2, 0.25) is 0 Å². The van der Waals surface area contributed by atoms with Crippen LogP contribution in [0.25, 0.3) is 0 Å². The number of aliphatic hydroxyl groups excluding tert-OH is 1. The highest BCUT2D eigenvalue weighted by atomic mass is 32.2. The number of thioether (sulfide) groups is 1. The van der Waals surface area contributed by atoms with Gasteiger partial charge in [0.25, 0.3) is 0 Å². The second-order valence-corrected chi connectivity index (χ2v) is 4.31. The molecule has 2 atom stereocenters. The Balaban J connectivity index is 2.04. The molecule has 0 aromatic heterocycles. The number of benzene rings is 1. The Labute approximate surface area is 82.4 Å². The predicted octanol–water partition coefficient (Wildman–Crippen LogP) is 1.38. The second-order valence-electron chi connectivity index (χ2n) is 3.17. The largest absolute Gasteiger partial charge is 0.395 e. The highest BCUT2D eigenvalue weighted by molar-refractivity contribution is 7.99. The van der Waals surface area contributed by atoms with E-state index < -0.39 is 0 Å². The molecule has 0 unspecified atom stereocenters. The molecule has 1 heterocycles. The summed E-state index contributed by atoms with van der Waals surface area (Å²) in [7, 11) is 0. The monoisotopic (exact) mass is 195 g/mol. The average Bonchev–Trinajstić information content (AvgIpc) is 2.67. The molecule has 2 rings (SSSR count).